The second-order valence-electron chi connectivity index (χ2n) is 4.01. The Bertz CT molecular complexity index is 454. The fourth-order valence-corrected chi connectivity index (χ4v) is 2.82. The molecule has 2 atom stereocenters. The molecule has 1 heterocycles. The number of carbonyl (C=O) groups excluding carboxylic acids is 1. The van der Waals surface area contributed by atoms with Crippen LogP contribution in [0.1, 0.15) is 10.4 Å². The average molecular weight is 269 g/mol. The molecule has 1 aromatic carbocycles. The molecule has 4 nitrogen and oxygen atoms in total. The number of nitrogens with zero attached hydrogens (tertiary/aromatic N) is 1. The summed E-state index contributed by atoms with van der Waals surface area (Å²) in [4.78, 5) is 23.6. The van der Waals surface area contributed by atoms with Crippen molar-refractivity contribution in [1.29, 1.82) is 0 Å². The van der Waals surface area contributed by atoms with Gasteiger partial charge in [0.2, 0.25) is 5.12 Å². The Balaban J connectivity index is 1.98. The molecule has 0 bridgehead atoms. The number of likely N-dealkylation sites (tertiary alicyclic amines) is 1. The highest BCUT2D eigenvalue weighted by Crippen LogP contribution is 2.28. The molecule has 1 amide bonds. The number of rotatable bonds is 2. The molecular formula is C12H12FNO3S. The van der Waals surface area contributed by atoms with Crippen LogP contribution in [0.2, 0.25) is 0 Å². The molecule has 1 aliphatic rings. The molecule has 1 aliphatic heterocycles. The Hall–Kier alpha value is -1.56. The zero-order chi connectivity index (χ0) is 13.1. The van der Waals surface area contributed by atoms with Crippen LogP contribution < -0.4 is 0 Å². The Morgan fingerprint density at radius 3 is 2.50 bits per heavy atom. The maximum Gasteiger partial charge on any atom is 0.407 e. The molecule has 2 rings (SSSR count). The van der Waals surface area contributed by atoms with Crippen molar-refractivity contribution < 1.29 is 19.1 Å². The third-order valence-corrected chi connectivity index (χ3v) is 3.93. The fraction of sp³-hybridized carbons (Fsp3) is 0.333. The lowest BCUT2D eigenvalue weighted by Crippen LogP contribution is -2.27. The number of benzene rings is 1. The van der Waals surface area contributed by atoms with E-state index in [9.17, 15) is 14.0 Å². The van der Waals surface area contributed by atoms with Crippen LogP contribution in [0, 0.1) is 0 Å². The van der Waals surface area contributed by atoms with Crippen molar-refractivity contribution in [1.82, 2.24) is 4.90 Å². The highest BCUT2D eigenvalue weighted by atomic mass is 32.2. The molecule has 0 aromatic heterocycles. The largest absolute Gasteiger partial charge is 0.465 e. The molecule has 1 N–H and O–H groups in total. The Morgan fingerprint density at radius 2 is 1.94 bits per heavy atom. The first-order chi connectivity index (χ1) is 8.58. The van der Waals surface area contributed by atoms with Gasteiger partial charge in [0.1, 0.15) is 6.17 Å². The smallest absolute Gasteiger partial charge is 0.407 e. The van der Waals surface area contributed by atoms with E-state index in [0.717, 1.165) is 16.7 Å². The minimum Gasteiger partial charge on any atom is -0.465 e. The monoisotopic (exact) mass is 269 g/mol. The zero-order valence-corrected chi connectivity index (χ0v) is 10.3. The first kappa shape index (κ1) is 12.9. The maximum atomic E-state index is 13.6. The zero-order valence-electron chi connectivity index (χ0n) is 9.45. The normalized spacial score (nSPS) is 23.1. The molecule has 0 radical (unpaired) electrons. The number of hydrogen-bond acceptors (Lipinski definition) is 3. The topological polar surface area (TPSA) is 57.6 Å². The molecule has 0 aliphatic carbocycles. The third kappa shape index (κ3) is 2.81. The molecule has 18 heavy (non-hydrogen) atoms. The van der Waals surface area contributed by atoms with E-state index >= 15 is 0 Å². The Labute approximate surface area is 108 Å². The summed E-state index contributed by atoms with van der Waals surface area (Å²) in [6, 6.07) is 8.58. The van der Waals surface area contributed by atoms with Crippen molar-refractivity contribution in [2.45, 2.75) is 11.4 Å². The van der Waals surface area contributed by atoms with Crippen molar-refractivity contribution >= 4 is 23.0 Å². The van der Waals surface area contributed by atoms with Crippen molar-refractivity contribution in [3.63, 3.8) is 0 Å². The van der Waals surface area contributed by atoms with E-state index in [1.165, 1.54) is 0 Å². The minimum absolute atomic E-state index is 0.0553. The second-order valence-corrected chi connectivity index (χ2v) is 5.23. The van der Waals surface area contributed by atoms with Gasteiger partial charge >= 0.3 is 6.09 Å². The van der Waals surface area contributed by atoms with Gasteiger partial charge in [0.05, 0.1) is 11.8 Å². The highest BCUT2D eigenvalue weighted by molar-refractivity contribution is 8.14. The summed E-state index contributed by atoms with van der Waals surface area (Å²) >= 11 is 0.871. The number of amides is 1. The molecule has 1 saturated heterocycles. The van der Waals surface area contributed by atoms with Gasteiger partial charge in [-0.3, -0.25) is 4.79 Å². The van der Waals surface area contributed by atoms with Crippen LogP contribution >= 0.6 is 11.8 Å². The number of alkyl halides is 1. The van der Waals surface area contributed by atoms with Crippen molar-refractivity contribution in [2.75, 3.05) is 13.1 Å². The highest BCUT2D eigenvalue weighted by Gasteiger charge is 2.37. The van der Waals surface area contributed by atoms with E-state index in [0.29, 0.717) is 5.56 Å². The first-order valence-corrected chi connectivity index (χ1v) is 6.34. The lowest BCUT2D eigenvalue weighted by molar-refractivity contribution is 0.108. The van der Waals surface area contributed by atoms with E-state index < -0.39 is 17.5 Å². The lowest BCUT2D eigenvalue weighted by atomic mass is 10.2. The van der Waals surface area contributed by atoms with Gasteiger partial charge in [0, 0.05) is 12.1 Å². The number of hydrogen-bond donors (Lipinski definition) is 1. The summed E-state index contributed by atoms with van der Waals surface area (Å²) in [5.74, 6) is 0. The van der Waals surface area contributed by atoms with Crippen LogP contribution in [0.5, 0.6) is 0 Å². The van der Waals surface area contributed by atoms with E-state index in [2.05, 4.69) is 0 Å². The van der Waals surface area contributed by atoms with Gasteiger partial charge in [-0.25, -0.2) is 9.18 Å². The summed E-state index contributed by atoms with van der Waals surface area (Å²) in [5.41, 5.74) is 0.503. The van der Waals surface area contributed by atoms with Gasteiger partial charge in [0.15, 0.2) is 0 Å². The number of halogens is 1. The molecular weight excluding hydrogens is 257 g/mol. The van der Waals surface area contributed by atoms with E-state index in [1.807, 2.05) is 0 Å². The van der Waals surface area contributed by atoms with Gasteiger partial charge in [-0.05, 0) is 0 Å². The van der Waals surface area contributed by atoms with Crippen molar-refractivity contribution in [2.24, 2.45) is 0 Å². The van der Waals surface area contributed by atoms with Crippen LogP contribution in [-0.2, 0) is 0 Å². The standard InChI is InChI=1S/C12H12FNO3S/c13-9-6-14(12(16)17)7-10(9)18-11(15)8-4-2-1-3-5-8/h1-5,9-10H,6-7H2,(H,16,17). The van der Waals surface area contributed by atoms with Gasteiger partial charge in [-0.15, -0.1) is 0 Å². The van der Waals surface area contributed by atoms with Crippen LogP contribution in [-0.4, -0.2) is 45.7 Å². The number of carbonyl (C=O) groups is 2. The fourth-order valence-electron chi connectivity index (χ4n) is 1.78. The number of thioether (sulfide) groups is 1. The summed E-state index contributed by atoms with van der Waals surface area (Å²) in [6.45, 7) is -0.102. The molecule has 6 heteroatoms. The van der Waals surface area contributed by atoms with E-state index in [1.54, 1.807) is 30.3 Å². The summed E-state index contributed by atoms with van der Waals surface area (Å²) in [7, 11) is 0. The number of carboxylic acid groups (broad SMARTS) is 1. The van der Waals surface area contributed by atoms with Crippen molar-refractivity contribution in [3.05, 3.63) is 35.9 Å². The van der Waals surface area contributed by atoms with Gasteiger partial charge < -0.3 is 10.0 Å². The third-order valence-electron chi connectivity index (χ3n) is 2.74. The predicted molar refractivity (Wildman–Crippen MR) is 66.6 cm³/mol. The van der Waals surface area contributed by atoms with Gasteiger partial charge in [0.25, 0.3) is 0 Å². The van der Waals surface area contributed by atoms with Gasteiger partial charge in [-0.2, -0.15) is 0 Å². The molecule has 1 aromatic rings. The molecule has 2 unspecified atom stereocenters. The van der Waals surface area contributed by atoms with Crippen molar-refractivity contribution in [3.8, 4) is 0 Å². The van der Waals surface area contributed by atoms with Crippen LogP contribution in [0.3, 0.4) is 0 Å². The van der Waals surface area contributed by atoms with Crippen LogP contribution in [0.25, 0.3) is 0 Å². The van der Waals surface area contributed by atoms with Crippen LogP contribution in [0.15, 0.2) is 30.3 Å². The molecule has 0 spiro atoms. The maximum absolute atomic E-state index is 13.6. The quantitative estimate of drug-likeness (QED) is 0.894. The Morgan fingerprint density at radius 1 is 1.28 bits per heavy atom. The average Bonchev–Trinajstić information content (AvgIpc) is 2.72. The SMILES string of the molecule is O=C(SC1CN(C(=O)O)CC1F)c1ccccc1. The predicted octanol–water partition coefficient (Wildman–Crippen LogP) is 2.26. The van der Waals surface area contributed by atoms with Gasteiger partial charge in [-0.1, -0.05) is 42.1 Å². The van der Waals surface area contributed by atoms with E-state index in [-0.39, 0.29) is 18.2 Å². The lowest BCUT2D eigenvalue weighted by Gasteiger charge is -2.11. The summed E-state index contributed by atoms with van der Waals surface area (Å²) in [6.07, 6.45) is -2.44. The minimum atomic E-state index is -1.29. The molecule has 0 saturated carbocycles. The Kier molecular flexibility index (Phi) is 3.86. The summed E-state index contributed by atoms with van der Waals surface area (Å²) < 4.78 is 13.6. The molecule has 96 valence electrons. The van der Waals surface area contributed by atoms with E-state index in [4.69, 9.17) is 5.11 Å². The molecule has 1 fully saturated rings. The van der Waals surface area contributed by atoms with Crippen LogP contribution in [0.4, 0.5) is 9.18 Å². The first-order valence-electron chi connectivity index (χ1n) is 5.46. The summed E-state index contributed by atoms with van der Waals surface area (Å²) in [5, 5.41) is 7.92. The second kappa shape index (κ2) is 5.39.